The summed E-state index contributed by atoms with van der Waals surface area (Å²) < 4.78 is 0. The molecule has 0 saturated heterocycles. The van der Waals surface area contributed by atoms with E-state index in [0.717, 1.165) is 12.5 Å². The van der Waals surface area contributed by atoms with Crippen molar-refractivity contribution in [2.75, 3.05) is 13.6 Å². The molecule has 1 spiro atoms. The van der Waals surface area contributed by atoms with Crippen LogP contribution < -0.4 is 5.32 Å². The number of hydrogen-bond donors (Lipinski definition) is 1. The molecule has 0 aliphatic heterocycles. The van der Waals surface area contributed by atoms with E-state index in [1.807, 2.05) is 11.3 Å². The summed E-state index contributed by atoms with van der Waals surface area (Å²) in [7, 11) is 2.06. The summed E-state index contributed by atoms with van der Waals surface area (Å²) in [6, 6.07) is 2.38. The summed E-state index contributed by atoms with van der Waals surface area (Å²) in [5.41, 5.74) is 2.36. The molecule has 1 nitrogen and oxygen atoms in total. The highest BCUT2D eigenvalue weighted by Crippen LogP contribution is 2.58. The van der Waals surface area contributed by atoms with Gasteiger partial charge < -0.3 is 5.32 Å². The lowest BCUT2D eigenvalue weighted by Gasteiger charge is -2.28. The van der Waals surface area contributed by atoms with Gasteiger partial charge in [-0.15, -0.1) is 11.3 Å². The Labute approximate surface area is 89.5 Å². The molecule has 1 aromatic rings. The van der Waals surface area contributed by atoms with Crippen LogP contribution in [0.3, 0.4) is 0 Å². The highest BCUT2D eigenvalue weighted by atomic mass is 32.1. The van der Waals surface area contributed by atoms with E-state index < -0.39 is 0 Å². The highest BCUT2D eigenvalue weighted by Gasteiger charge is 2.48. The van der Waals surface area contributed by atoms with Crippen molar-refractivity contribution in [3.8, 4) is 0 Å². The number of likely N-dealkylation sites (N-methyl/N-ethyl adjacent to an activating group) is 1. The van der Waals surface area contributed by atoms with E-state index in [1.165, 1.54) is 25.7 Å². The van der Waals surface area contributed by atoms with Crippen LogP contribution in [-0.4, -0.2) is 13.6 Å². The number of nitrogens with one attached hydrogen (secondary N) is 1. The normalized spacial score (nSPS) is 27.6. The fourth-order valence-electron chi connectivity index (χ4n) is 2.90. The third-order valence-corrected chi connectivity index (χ3v) is 4.99. The summed E-state index contributed by atoms with van der Waals surface area (Å²) in [6.45, 7) is 1.16. The van der Waals surface area contributed by atoms with Gasteiger partial charge in [0.2, 0.25) is 0 Å². The Bertz CT molecular complexity index is 338. The molecule has 2 aliphatic carbocycles. The molecule has 1 saturated carbocycles. The molecule has 2 aliphatic rings. The molecule has 3 rings (SSSR count). The second-order valence-corrected chi connectivity index (χ2v) is 5.72. The molecular formula is C12H17NS. The van der Waals surface area contributed by atoms with Gasteiger partial charge >= 0.3 is 0 Å². The smallest absolute Gasteiger partial charge is 0.0126 e. The molecule has 14 heavy (non-hydrogen) atoms. The summed E-state index contributed by atoms with van der Waals surface area (Å²) in [4.78, 5) is 1.68. The van der Waals surface area contributed by atoms with E-state index in [-0.39, 0.29) is 0 Å². The lowest BCUT2D eigenvalue weighted by Crippen LogP contribution is -2.24. The molecule has 1 fully saturated rings. The number of hydrogen-bond acceptors (Lipinski definition) is 2. The van der Waals surface area contributed by atoms with Crippen LogP contribution in [0.1, 0.15) is 42.0 Å². The van der Waals surface area contributed by atoms with Crippen molar-refractivity contribution in [1.82, 2.24) is 5.32 Å². The second-order valence-electron chi connectivity index (χ2n) is 4.77. The van der Waals surface area contributed by atoms with E-state index >= 15 is 0 Å². The first kappa shape index (κ1) is 8.93. The Morgan fingerprint density at radius 3 is 3.07 bits per heavy atom. The quantitative estimate of drug-likeness (QED) is 0.786. The fraction of sp³-hybridized carbons (Fsp3) is 0.667. The van der Waals surface area contributed by atoms with Crippen LogP contribution in [-0.2, 0) is 5.41 Å². The number of fused-ring (bicyclic) bond motifs is 2. The fourth-order valence-corrected chi connectivity index (χ4v) is 4.06. The average Bonchev–Trinajstić information content (AvgIpc) is 2.78. The van der Waals surface area contributed by atoms with Crippen LogP contribution in [0.15, 0.2) is 11.4 Å². The Hall–Kier alpha value is -0.340. The molecule has 0 aromatic carbocycles. The van der Waals surface area contributed by atoms with Gasteiger partial charge in [-0.25, -0.2) is 0 Å². The molecule has 1 unspecified atom stereocenters. The third kappa shape index (κ3) is 1.17. The average molecular weight is 207 g/mol. The van der Waals surface area contributed by atoms with Gasteiger partial charge in [0, 0.05) is 17.3 Å². The van der Waals surface area contributed by atoms with Gasteiger partial charge in [0.05, 0.1) is 0 Å². The van der Waals surface area contributed by atoms with E-state index in [0.29, 0.717) is 5.41 Å². The van der Waals surface area contributed by atoms with Crippen LogP contribution in [0.2, 0.25) is 0 Å². The van der Waals surface area contributed by atoms with Crippen LogP contribution in [0.5, 0.6) is 0 Å². The van der Waals surface area contributed by atoms with Gasteiger partial charge in [0.15, 0.2) is 0 Å². The lowest BCUT2D eigenvalue weighted by molar-refractivity contribution is 0.467. The van der Waals surface area contributed by atoms with Crippen LogP contribution in [0, 0.1) is 0 Å². The predicted octanol–water partition coefficient (Wildman–Crippen LogP) is 2.88. The van der Waals surface area contributed by atoms with Crippen molar-refractivity contribution in [2.45, 2.75) is 37.0 Å². The Balaban J connectivity index is 1.96. The summed E-state index contributed by atoms with van der Waals surface area (Å²) in [6.07, 6.45) is 5.73. The Morgan fingerprint density at radius 1 is 1.50 bits per heavy atom. The van der Waals surface area contributed by atoms with Crippen molar-refractivity contribution in [1.29, 1.82) is 0 Å². The molecule has 76 valence electrons. The van der Waals surface area contributed by atoms with Crippen molar-refractivity contribution < 1.29 is 0 Å². The van der Waals surface area contributed by atoms with E-state index in [9.17, 15) is 0 Å². The summed E-state index contributed by atoms with van der Waals surface area (Å²) >= 11 is 1.98. The minimum absolute atomic E-state index is 0.652. The van der Waals surface area contributed by atoms with Crippen molar-refractivity contribution in [3.63, 3.8) is 0 Å². The summed E-state index contributed by atoms with van der Waals surface area (Å²) in [5, 5.41) is 5.61. The minimum atomic E-state index is 0.652. The third-order valence-electron chi connectivity index (χ3n) is 3.91. The molecular weight excluding hydrogens is 190 g/mol. The van der Waals surface area contributed by atoms with Crippen molar-refractivity contribution in [3.05, 3.63) is 21.9 Å². The molecule has 0 bridgehead atoms. The molecule has 1 atom stereocenters. The number of rotatable bonds is 2. The maximum absolute atomic E-state index is 3.32. The second kappa shape index (κ2) is 3.07. The van der Waals surface area contributed by atoms with Crippen molar-refractivity contribution >= 4 is 11.3 Å². The first-order chi connectivity index (χ1) is 6.86. The standard InChI is InChI=1S/C12H17NS/c1-13-8-9-2-4-12(5-6-12)10-3-7-14-11(9)10/h3,7,9,13H,2,4-6,8H2,1H3. The summed E-state index contributed by atoms with van der Waals surface area (Å²) in [5.74, 6) is 0.793. The SMILES string of the molecule is CNCC1CCC2(CC2)c2ccsc21. The van der Waals surface area contributed by atoms with Gasteiger partial charge in [-0.05, 0) is 55.2 Å². The zero-order valence-electron chi connectivity index (χ0n) is 8.68. The predicted molar refractivity (Wildman–Crippen MR) is 61.1 cm³/mol. The Kier molecular flexibility index (Phi) is 1.96. The first-order valence-corrected chi connectivity index (χ1v) is 6.46. The van der Waals surface area contributed by atoms with Crippen LogP contribution in [0.4, 0.5) is 0 Å². The minimum Gasteiger partial charge on any atom is -0.319 e. The highest BCUT2D eigenvalue weighted by molar-refractivity contribution is 7.10. The van der Waals surface area contributed by atoms with E-state index in [2.05, 4.69) is 23.8 Å². The molecule has 2 heteroatoms. The molecule has 1 N–H and O–H groups in total. The first-order valence-electron chi connectivity index (χ1n) is 5.58. The van der Waals surface area contributed by atoms with E-state index in [1.54, 1.807) is 10.4 Å². The monoisotopic (exact) mass is 207 g/mol. The maximum Gasteiger partial charge on any atom is 0.0126 e. The van der Waals surface area contributed by atoms with Gasteiger partial charge in [-0.2, -0.15) is 0 Å². The Morgan fingerprint density at radius 2 is 2.36 bits per heavy atom. The molecule has 1 aromatic heterocycles. The largest absolute Gasteiger partial charge is 0.319 e. The molecule has 0 radical (unpaired) electrons. The topological polar surface area (TPSA) is 12.0 Å². The van der Waals surface area contributed by atoms with Crippen molar-refractivity contribution in [2.24, 2.45) is 0 Å². The van der Waals surface area contributed by atoms with E-state index in [4.69, 9.17) is 0 Å². The number of thiophene rings is 1. The van der Waals surface area contributed by atoms with Gasteiger partial charge in [0.1, 0.15) is 0 Å². The zero-order chi connectivity index (χ0) is 9.60. The van der Waals surface area contributed by atoms with Gasteiger partial charge in [-0.3, -0.25) is 0 Å². The van der Waals surface area contributed by atoms with Crippen LogP contribution in [0.25, 0.3) is 0 Å². The zero-order valence-corrected chi connectivity index (χ0v) is 9.49. The maximum atomic E-state index is 3.32. The van der Waals surface area contributed by atoms with Crippen LogP contribution >= 0.6 is 11.3 Å². The van der Waals surface area contributed by atoms with Gasteiger partial charge in [-0.1, -0.05) is 0 Å². The molecule has 0 amide bonds. The molecule has 1 heterocycles. The van der Waals surface area contributed by atoms with Gasteiger partial charge in [0.25, 0.3) is 0 Å². The lowest BCUT2D eigenvalue weighted by atomic mass is 9.79.